The maximum absolute atomic E-state index is 11.0. The van der Waals surface area contributed by atoms with E-state index in [-0.39, 0.29) is 11.4 Å². The lowest BCUT2D eigenvalue weighted by atomic mass is 10.2. The number of rotatable bonds is 7. The molecule has 0 unspecified atom stereocenters. The normalized spacial score (nSPS) is 10.3. The van der Waals surface area contributed by atoms with Gasteiger partial charge in [0.25, 0.3) is 0 Å². The third kappa shape index (κ3) is 4.29. The van der Waals surface area contributed by atoms with Crippen LogP contribution in [0.2, 0.25) is 0 Å². The summed E-state index contributed by atoms with van der Waals surface area (Å²) in [5.41, 5.74) is 1.78. The Hall–Kier alpha value is -2.40. The summed E-state index contributed by atoms with van der Waals surface area (Å²) in [7, 11) is 0. The van der Waals surface area contributed by atoms with Crippen molar-refractivity contribution < 1.29 is 19.4 Å². The zero-order valence-corrected chi connectivity index (χ0v) is 11.8. The molecule has 110 valence electrons. The molecule has 0 fully saturated rings. The Morgan fingerprint density at radius 2 is 1.90 bits per heavy atom. The monoisotopic (exact) mass is 287 g/mol. The zero-order valence-electron chi connectivity index (χ0n) is 11.8. The van der Waals surface area contributed by atoms with E-state index in [1.807, 2.05) is 30.3 Å². The van der Waals surface area contributed by atoms with Gasteiger partial charge in [0.05, 0.1) is 19.8 Å². The SMILES string of the molecule is CCOc1cc(COCc2ccccc2)cnc1C(=O)O. The molecule has 0 saturated heterocycles. The predicted molar refractivity (Wildman–Crippen MR) is 77.3 cm³/mol. The van der Waals surface area contributed by atoms with Gasteiger partial charge in [-0.05, 0) is 24.1 Å². The van der Waals surface area contributed by atoms with Crippen molar-refractivity contribution >= 4 is 5.97 Å². The van der Waals surface area contributed by atoms with Gasteiger partial charge in [0.2, 0.25) is 0 Å². The largest absolute Gasteiger partial charge is 0.491 e. The molecule has 0 amide bonds. The number of hydrogen-bond acceptors (Lipinski definition) is 4. The molecule has 0 aliphatic carbocycles. The first kappa shape index (κ1) is 15.0. The highest BCUT2D eigenvalue weighted by atomic mass is 16.5. The molecule has 5 heteroatoms. The van der Waals surface area contributed by atoms with Crippen LogP contribution >= 0.6 is 0 Å². The van der Waals surface area contributed by atoms with E-state index in [4.69, 9.17) is 14.6 Å². The molecule has 0 bridgehead atoms. The van der Waals surface area contributed by atoms with E-state index in [0.717, 1.165) is 11.1 Å². The number of nitrogens with zero attached hydrogens (tertiary/aromatic N) is 1. The van der Waals surface area contributed by atoms with Crippen LogP contribution < -0.4 is 4.74 Å². The summed E-state index contributed by atoms with van der Waals surface area (Å²) < 4.78 is 10.9. The minimum absolute atomic E-state index is 0.0799. The number of pyridine rings is 1. The topological polar surface area (TPSA) is 68.7 Å². The standard InChI is InChI=1S/C16H17NO4/c1-2-21-14-8-13(9-17-15(14)16(18)19)11-20-10-12-6-4-3-5-7-12/h3-9H,2,10-11H2,1H3,(H,18,19). The molecule has 1 aromatic heterocycles. The first-order valence-corrected chi connectivity index (χ1v) is 6.67. The highest BCUT2D eigenvalue weighted by Gasteiger charge is 2.13. The molecule has 2 rings (SSSR count). The molecular weight excluding hydrogens is 270 g/mol. The van der Waals surface area contributed by atoms with Crippen LogP contribution in [-0.4, -0.2) is 22.7 Å². The van der Waals surface area contributed by atoms with E-state index in [9.17, 15) is 4.79 Å². The minimum Gasteiger partial charge on any atom is -0.491 e. The number of carbonyl (C=O) groups is 1. The van der Waals surface area contributed by atoms with Gasteiger partial charge >= 0.3 is 5.97 Å². The number of aromatic carboxylic acids is 1. The zero-order chi connectivity index (χ0) is 15.1. The molecule has 0 radical (unpaired) electrons. The van der Waals surface area contributed by atoms with Gasteiger partial charge in [-0.1, -0.05) is 30.3 Å². The first-order chi connectivity index (χ1) is 10.2. The average molecular weight is 287 g/mol. The van der Waals surface area contributed by atoms with Crippen LogP contribution in [0.5, 0.6) is 5.75 Å². The number of benzene rings is 1. The molecule has 1 N–H and O–H groups in total. The van der Waals surface area contributed by atoms with Crippen LogP contribution in [-0.2, 0) is 18.0 Å². The van der Waals surface area contributed by atoms with E-state index in [2.05, 4.69) is 4.98 Å². The smallest absolute Gasteiger partial charge is 0.358 e. The van der Waals surface area contributed by atoms with E-state index in [0.29, 0.717) is 19.8 Å². The Labute approximate surface area is 123 Å². The number of hydrogen-bond donors (Lipinski definition) is 1. The molecule has 0 aliphatic rings. The molecule has 0 spiro atoms. The van der Waals surface area contributed by atoms with Crippen molar-refractivity contribution in [2.24, 2.45) is 0 Å². The maximum Gasteiger partial charge on any atom is 0.358 e. The van der Waals surface area contributed by atoms with E-state index < -0.39 is 5.97 Å². The second-order valence-corrected chi connectivity index (χ2v) is 4.41. The Kier molecular flexibility index (Phi) is 5.29. The highest BCUT2D eigenvalue weighted by Crippen LogP contribution is 2.19. The summed E-state index contributed by atoms with van der Waals surface area (Å²) in [6.45, 7) is 3.02. The first-order valence-electron chi connectivity index (χ1n) is 6.67. The summed E-state index contributed by atoms with van der Waals surface area (Å²) in [5, 5.41) is 9.03. The van der Waals surface area contributed by atoms with Gasteiger partial charge in [-0.15, -0.1) is 0 Å². The fourth-order valence-corrected chi connectivity index (χ4v) is 1.85. The maximum atomic E-state index is 11.0. The molecule has 2 aromatic rings. The van der Waals surface area contributed by atoms with Crippen molar-refractivity contribution in [1.29, 1.82) is 0 Å². The van der Waals surface area contributed by atoms with Crippen LogP contribution in [0.4, 0.5) is 0 Å². The molecule has 21 heavy (non-hydrogen) atoms. The molecule has 5 nitrogen and oxygen atoms in total. The van der Waals surface area contributed by atoms with Crippen LogP contribution in [0.25, 0.3) is 0 Å². The fourth-order valence-electron chi connectivity index (χ4n) is 1.85. The van der Waals surface area contributed by atoms with Crippen molar-refractivity contribution in [3.05, 3.63) is 59.4 Å². The summed E-state index contributed by atoms with van der Waals surface area (Å²) in [6, 6.07) is 11.5. The molecule has 1 heterocycles. The molecular formula is C16H17NO4. The quantitative estimate of drug-likeness (QED) is 0.848. The van der Waals surface area contributed by atoms with Gasteiger partial charge < -0.3 is 14.6 Å². The van der Waals surface area contributed by atoms with Crippen molar-refractivity contribution in [2.45, 2.75) is 20.1 Å². The lowest BCUT2D eigenvalue weighted by Gasteiger charge is -2.09. The number of ether oxygens (including phenoxy) is 2. The second kappa shape index (κ2) is 7.40. The van der Waals surface area contributed by atoms with Crippen LogP contribution in [0.3, 0.4) is 0 Å². The average Bonchev–Trinajstić information content (AvgIpc) is 2.49. The van der Waals surface area contributed by atoms with Gasteiger partial charge in [-0.3, -0.25) is 0 Å². The van der Waals surface area contributed by atoms with Crippen molar-refractivity contribution in [3.8, 4) is 5.75 Å². The predicted octanol–water partition coefficient (Wildman–Crippen LogP) is 2.90. The molecule has 1 aromatic carbocycles. The Balaban J connectivity index is 2.00. The van der Waals surface area contributed by atoms with Gasteiger partial charge in [0.15, 0.2) is 11.4 Å². The second-order valence-electron chi connectivity index (χ2n) is 4.41. The van der Waals surface area contributed by atoms with E-state index in [1.165, 1.54) is 6.20 Å². The molecule has 0 saturated carbocycles. The molecule has 0 atom stereocenters. The fraction of sp³-hybridized carbons (Fsp3) is 0.250. The number of carboxylic acids is 1. The summed E-state index contributed by atoms with van der Waals surface area (Å²) in [6.07, 6.45) is 1.50. The number of aromatic nitrogens is 1. The summed E-state index contributed by atoms with van der Waals surface area (Å²) in [5.74, 6) is -0.832. The third-order valence-corrected chi connectivity index (χ3v) is 2.79. The van der Waals surface area contributed by atoms with Crippen molar-refractivity contribution in [1.82, 2.24) is 4.98 Å². The van der Waals surface area contributed by atoms with Crippen molar-refractivity contribution in [2.75, 3.05) is 6.61 Å². The van der Waals surface area contributed by atoms with Gasteiger partial charge in [-0.25, -0.2) is 9.78 Å². The summed E-state index contributed by atoms with van der Waals surface area (Å²) in [4.78, 5) is 15.0. The highest BCUT2D eigenvalue weighted by molar-refractivity contribution is 5.88. The van der Waals surface area contributed by atoms with Crippen molar-refractivity contribution in [3.63, 3.8) is 0 Å². The van der Waals surface area contributed by atoms with E-state index >= 15 is 0 Å². The third-order valence-electron chi connectivity index (χ3n) is 2.79. The lowest BCUT2D eigenvalue weighted by molar-refractivity contribution is 0.0685. The van der Waals surface area contributed by atoms with Crippen LogP contribution in [0.15, 0.2) is 42.6 Å². The Bertz CT molecular complexity index is 598. The summed E-state index contributed by atoms with van der Waals surface area (Å²) >= 11 is 0. The minimum atomic E-state index is -1.10. The van der Waals surface area contributed by atoms with Crippen LogP contribution in [0.1, 0.15) is 28.5 Å². The van der Waals surface area contributed by atoms with Gasteiger partial charge in [-0.2, -0.15) is 0 Å². The Morgan fingerprint density at radius 1 is 1.19 bits per heavy atom. The van der Waals surface area contributed by atoms with Gasteiger partial charge in [0, 0.05) is 6.20 Å². The lowest BCUT2D eigenvalue weighted by Crippen LogP contribution is -2.07. The van der Waals surface area contributed by atoms with E-state index in [1.54, 1.807) is 13.0 Å². The van der Waals surface area contributed by atoms with Crippen LogP contribution in [0, 0.1) is 0 Å². The Morgan fingerprint density at radius 3 is 2.57 bits per heavy atom. The number of carboxylic acid groups (broad SMARTS) is 1. The van der Waals surface area contributed by atoms with Gasteiger partial charge in [0.1, 0.15) is 0 Å². The molecule has 0 aliphatic heterocycles.